The number of hydrogen-bond acceptors (Lipinski definition) is 11. The van der Waals surface area contributed by atoms with Crippen LogP contribution in [-0.2, 0) is 24.8 Å². The number of aromatic nitrogens is 5. The summed E-state index contributed by atoms with van der Waals surface area (Å²) in [5.74, 6) is -1.00. The Morgan fingerprint density at radius 1 is 1.18 bits per heavy atom. The fourth-order valence-electron chi connectivity index (χ4n) is 4.82. The van der Waals surface area contributed by atoms with Crippen LogP contribution in [0.25, 0.3) is 11.2 Å². The van der Waals surface area contributed by atoms with Crippen LogP contribution in [0.5, 0.6) is 0 Å². The van der Waals surface area contributed by atoms with Crippen molar-refractivity contribution in [3.05, 3.63) is 40.7 Å². The molecule has 1 aromatic carbocycles. The number of fused-ring (bicyclic) bond motifs is 2. The summed E-state index contributed by atoms with van der Waals surface area (Å²) in [4.78, 5) is 38.1. The molecule has 1 aliphatic heterocycles. The van der Waals surface area contributed by atoms with E-state index < -0.39 is 52.2 Å². The smallest absolute Gasteiger partial charge is 0.340 e. The van der Waals surface area contributed by atoms with Crippen molar-refractivity contribution in [2.45, 2.75) is 43.4 Å². The maximum Gasteiger partial charge on any atom is 0.340 e. The lowest BCUT2D eigenvalue weighted by molar-refractivity contribution is -0.0549. The van der Waals surface area contributed by atoms with Gasteiger partial charge in [0.15, 0.2) is 29.1 Å². The quantitative estimate of drug-likeness (QED) is 0.182. The number of benzene rings is 1. The minimum atomic E-state index is -4.84. The molecule has 1 unspecified atom stereocenters. The molecule has 0 amide bonds. The fourth-order valence-corrected chi connectivity index (χ4v) is 7.55. The first kappa shape index (κ1) is 27.5. The highest BCUT2D eigenvalue weighted by Crippen LogP contribution is 2.55. The summed E-state index contributed by atoms with van der Waals surface area (Å²) in [7, 11) is -7.69. The van der Waals surface area contributed by atoms with Crippen LogP contribution in [-0.4, -0.2) is 87.7 Å². The van der Waals surface area contributed by atoms with E-state index >= 15 is 0 Å². The van der Waals surface area contributed by atoms with Crippen molar-refractivity contribution in [2.24, 2.45) is 0 Å². The standard InChI is InChI=1S/C20H25ClN6O9P2/c1-26(12-7-6-10-4-2-3-5-11(10)12)17-14-18(23-20(21)22-17)27(25-24-14)19-16(29)15(28)13(36-19)8-35-38(33,34)9-37(30,31)32/h2-5,12-13,15-16,19,28-29H,6-9H2,1H3,(H,33,34)(H2,30,31,32)/t12-,13-,15-,16-,19-/m1/s1. The molecule has 0 radical (unpaired) electrons. The Morgan fingerprint density at radius 3 is 2.66 bits per heavy atom. The fraction of sp³-hybridized carbons (Fsp3) is 0.500. The molecular weight excluding hydrogens is 566 g/mol. The molecule has 2 aromatic heterocycles. The number of anilines is 1. The van der Waals surface area contributed by atoms with E-state index in [-0.39, 0.29) is 22.5 Å². The second kappa shape index (κ2) is 10.2. The third-order valence-electron chi connectivity index (χ3n) is 6.56. The Labute approximate surface area is 220 Å². The lowest BCUT2D eigenvalue weighted by Crippen LogP contribution is -2.33. The van der Waals surface area contributed by atoms with E-state index in [4.69, 9.17) is 30.6 Å². The molecule has 2 aliphatic rings. The SMILES string of the molecule is CN(c1nc(Cl)nc2c1nnn2[C@@H]1O[C@H](COP(=O)(O)CP(=O)(O)O)[C@@H](O)[C@H]1O)[C@@H]1CCc2ccccc21. The minimum absolute atomic E-state index is 0.00418. The van der Waals surface area contributed by atoms with Crippen molar-refractivity contribution in [1.29, 1.82) is 0 Å². The molecule has 0 bridgehead atoms. The van der Waals surface area contributed by atoms with E-state index in [1.54, 1.807) is 0 Å². The second-order valence-corrected chi connectivity index (χ2v) is 13.5. The van der Waals surface area contributed by atoms with Gasteiger partial charge in [0.1, 0.15) is 18.3 Å². The van der Waals surface area contributed by atoms with Crippen LogP contribution in [0.4, 0.5) is 5.82 Å². The number of ether oxygens (including phenoxy) is 1. The molecule has 38 heavy (non-hydrogen) atoms. The Morgan fingerprint density at radius 2 is 1.92 bits per heavy atom. The molecule has 5 rings (SSSR count). The molecule has 1 fully saturated rings. The molecule has 0 saturated carbocycles. The summed E-state index contributed by atoms with van der Waals surface area (Å²) in [6.45, 7) is -0.736. The highest BCUT2D eigenvalue weighted by molar-refractivity contribution is 7.70. The van der Waals surface area contributed by atoms with E-state index in [2.05, 4.69) is 32.4 Å². The maximum absolute atomic E-state index is 12.0. The maximum atomic E-state index is 12.0. The Balaban J connectivity index is 1.40. The van der Waals surface area contributed by atoms with Crippen molar-refractivity contribution < 1.29 is 43.3 Å². The van der Waals surface area contributed by atoms with Crippen LogP contribution in [0.3, 0.4) is 0 Å². The monoisotopic (exact) mass is 590 g/mol. The average Bonchev–Trinajstić information content (AvgIpc) is 3.52. The molecule has 206 valence electrons. The van der Waals surface area contributed by atoms with Crippen LogP contribution in [0, 0.1) is 0 Å². The van der Waals surface area contributed by atoms with Gasteiger partial charge in [-0.3, -0.25) is 9.13 Å². The molecule has 15 nitrogen and oxygen atoms in total. The lowest BCUT2D eigenvalue weighted by Gasteiger charge is -2.26. The van der Waals surface area contributed by atoms with Gasteiger partial charge in [-0.05, 0) is 35.6 Å². The van der Waals surface area contributed by atoms with Crippen LogP contribution in [0.15, 0.2) is 24.3 Å². The topological polar surface area (TPSA) is 213 Å². The molecule has 1 aliphatic carbocycles. The zero-order valence-electron chi connectivity index (χ0n) is 19.8. The van der Waals surface area contributed by atoms with Gasteiger partial charge in [-0.15, -0.1) is 5.10 Å². The predicted octanol–water partition coefficient (Wildman–Crippen LogP) is 0.955. The summed E-state index contributed by atoms with van der Waals surface area (Å²) in [5.41, 5.74) is 2.78. The first-order valence-electron chi connectivity index (χ1n) is 11.5. The van der Waals surface area contributed by atoms with Crippen molar-refractivity contribution in [3.8, 4) is 0 Å². The zero-order valence-corrected chi connectivity index (χ0v) is 22.4. The highest BCUT2D eigenvalue weighted by atomic mass is 35.5. The molecule has 6 atom stereocenters. The normalized spacial score (nSPS) is 27.0. The van der Waals surface area contributed by atoms with Gasteiger partial charge in [0.05, 0.1) is 12.6 Å². The number of nitrogens with zero attached hydrogens (tertiary/aromatic N) is 6. The van der Waals surface area contributed by atoms with Crippen molar-refractivity contribution in [1.82, 2.24) is 25.0 Å². The van der Waals surface area contributed by atoms with Gasteiger partial charge in [0.25, 0.3) is 0 Å². The molecule has 1 saturated heterocycles. The highest BCUT2D eigenvalue weighted by Gasteiger charge is 2.46. The number of aliphatic hydroxyl groups excluding tert-OH is 2. The number of rotatable bonds is 8. The Kier molecular flexibility index (Phi) is 7.37. The second-order valence-electron chi connectivity index (χ2n) is 9.17. The largest absolute Gasteiger partial charge is 0.387 e. The van der Waals surface area contributed by atoms with Crippen LogP contribution < -0.4 is 4.90 Å². The summed E-state index contributed by atoms with van der Waals surface area (Å²) in [5, 5.41) is 29.2. The van der Waals surface area contributed by atoms with Gasteiger partial charge in [-0.1, -0.05) is 29.5 Å². The number of halogens is 1. The van der Waals surface area contributed by atoms with E-state index in [1.165, 1.54) is 5.56 Å². The van der Waals surface area contributed by atoms with Gasteiger partial charge in [0.2, 0.25) is 5.28 Å². The first-order chi connectivity index (χ1) is 17.8. The summed E-state index contributed by atoms with van der Waals surface area (Å²) < 4.78 is 34.5. The lowest BCUT2D eigenvalue weighted by atomic mass is 10.1. The molecule has 18 heteroatoms. The molecule has 0 spiro atoms. The molecule has 3 heterocycles. The van der Waals surface area contributed by atoms with Crippen molar-refractivity contribution >= 4 is 43.8 Å². The summed E-state index contributed by atoms with van der Waals surface area (Å²) in [6.07, 6.45) is -4.09. The summed E-state index contributed by atoms with van der Waals surface area (Å²) >= 11 is 6.24. The number of aryl methyl sites for hydroxylation is 1. The number of hydrogen-bond donors (Lipinski definition) is 5. The predicted molar refractivity (Wildman–Crippen MR) is 133 cm³/mol. The molecule has 5 N–H and O–H groups in total. The van der Waals surface area contributed by atoms with E-state index in [1.807, 2.05) is 24.1 Å². The first-order valence-corrected chi connectivity index (χ1v) is 15.4. The third-order valence-corrected chi connectivity index (χ3v) is 10.2. The summed E-state index contributed by atoms with van der Waals surface area (Å²) in [6, 6.07) is 8.09. The van der Waals surface area contributed by atoms with Gasteiger partial charge < -0.3 is 39.1 Å². The third kappa shape index (κ3) is 5.36. The molecular formula is C20H25ClN6O9P2. The molecule has 3 aromatic rings. The van der Waals surface area contributed by atoms with Crippen LogP contribution >= 0.6 is 26.8 Å². The zero-order chi connectivity index (χ0) is 27.4. The van der Waals surface area contributed by atoms with Crippen molar-refractivity contribution in [2.75, 3.05) is 24.5 Å². The minimum Gasteiger partial charge on any atom is -0.387 e. The van der Waals surface area contributed by atoms with E-state index in [0.717, 1.165) is 23.1 Å². The van der Waals surface area contributed by atoms with Crippen LogP contribution in [0.2, 0.25) is 5.28 Å². The van der Waals surface area contributed by atoms with E-state index in [9.17, 15) is 24.2 Å². The van der Waals surface area contributed by atoms with Crippen LogP contribution in [0.1, 0.15) is 29.8 Å². The Hall–Kier alpha value is -2.03. The number of aliphatic hydroxyl groups is 2. The Bertz CT molecular complexity index is 1450. The van der Waals surface area contributed by atoms with Gasteiger partial charge in [0, 0.05) is 7.05 Å². The van der Waals surface area contributed by atoms with Gasteiger partial charge >= 0.3 is 15.2 Å². The van der Waals surface area contributed by atoms with Gasteiger partial charge in [-0.2, -0.15) is 14.6 Å². The average molecular weight is 591 g/mol. The van der Waals surface area contributed by atoms with E-state index in [0.29, 0.717) is 5.82 Å². The van der Waals surface area contributed by atoms with Crippen molar-refractivity contribution in [3.63, 3.8) is 0 Å². The van der Waals surface area contributed by atoms with Gasteiger partial charge in [-0.25, -0.2) is 0 Å².